The van der Waals surface area contributed by atoms with Gasteiger partial charge in [0.25, 0.3) is 0 Å². The number of benzene rings is 2. The molecule has 0 bridgehead atoms. The number of aromatic nitrogens is 1. The lowest BCUT2D eigenvalue weighted by Gasteiger charge is -2.00. The van der Waals surface area contributed by atoms with Crippen molar-refractivity contribution in [1.82, 2.24) is 4.98 Å². The van der Waals surface area contributed by atoms with E-state index in [4.69, 9.17) is 11.6 Å². The molecule has 0 unspecified atom stereocenters. The Morgan fingerprint density at radius 1 is 0.950 bits per heavy atom. The molecule has 1 nitrogen and oxygen atoms in total. The van der Waals surface area contributed by atoms with Gasteiger partial charge in [-0.3, -0.25) is 0 Å². The molecule has 1 heterocycles. The molecule has 0 saturated carbocycles. The summed E-state index contributed by atoms with van der Waals surface area (Å²) in [7, 11) is 0. The Morgan fingerprint density at radius 2 is 1.80 bits per heavy atom. The van der Waals surface area contributed by atoms with Gasteiger partial charge in [-0.25, -0.2) is 4.98 Å². The van der Waals surface area contributed by atoms with E-state index in [-0.39, 0.29) is 0 Å². The number of rotatable bonds is 2. The molecular weight excluding hydrogens is 266 g/mol. The van der Waals surface area contributed by atoms with Gasteiger partial charge in [0.1, 0.15) is 0 Å². The molecule has 0 atom stereocenters. The molecule has 0 fully saturated rings. The zero-order chi connectivity index (χ0) is 13.9. The Balaban J connectivity index is 1.94. The van der Waals surface area contributed by atoms with Crippen molar-refractivity contribution in [2.24, 2.45) is 0 Å². The third-order valence-corrected chi connectivity index (χ3v) is 3.40. The summed E-state index contributed by atoms with van der Waals surface area (Å²) in [6, 6.07) is 18.2. The number of aryl methyl sites for hydroxylation is 1. The third kappa shape index (κ3) is 2.89. The van der Waals surface area contributed by atoms with Crippen LogP contribution in [0.4, 0.5) is 0 Å². The normalized spacial score (nSPS) is 11.3. The van der Waals surface area contributed by atoms with E-state index in [9.17, 15) is 0 Å². The lowest BCUT2D eigenvalue weighted by atomic mass is 10.1. The maximum atomic E-state index is 6.00. The van der Waals surface area contributed by atoms with Crippen molar-refractivity contribution in [1.29, 1.82) is 0 Å². The summed E-state index contributed by atoms with van der Waals surface area (Å²) in [5, 5.41) is 1.81. The Hall–Kier alpha value is -2.12. The molecular formula is C18H14ClN. The predicted molar refractivity (Wildman–Crippen MR) is 86.9 cm³/mol. The molecule has 0 aliphatic carbocycles. The van der Waals surface area contributed by atoms with Crippen LogP contribution in [0.5, 0.6) is 0 Å². The fourth-order valence-corrected chi connectivity index (χ4v) is 2.32. The van der Waals surface area contributed by atoms with Crippen LogP contribution in [0.3, 0.4) is 0 Å². The van der Waals surface area contributed by atoms with Gasteiger partial charge in [0, 0.05) is 10.4 Å². The highest BCUT2D eigenvalue weighted by Gasteiger charge is 1.97. The summed E-state index contributed by atoms with van der Waals surface area (Å²) in [6.45, 7) is 2.09. The number of fused-ring (bicyclic) bond motifs is 1. The summed E-state index contributed by atoms with van der Waals surface area (Å²) in [5.41, 5.74) is 4.29. The average Bonchev–Trinajstić information content (AvgIpc) is 2.45. The summed E-state index contributed by atoms with van der Waals surface area (Å²) in [5.74, 6) is 0. The highest BCUT2D eigenvalue weighted by molar-refractivity contribution is 6.31. The van der Waals surface area contributed by atoms with Gasteiger partial charge in [-0.2, -0.15) is 0 Å². The SMILES string of the molecule is Cc1cccc(/C=C/c2ccc3ccc(Cl)cc3n2)c1. The van der Waals surface area contributed by atoms with E-state index in [1.165, 1.54) is 11.1 Å². The van der Waals surface area contributed by atoms with Crippen LogP contribution in [0.15, 0.2) is 54.6 Å². The number of pyridine rings is 1. The van der Waals surface area contributed by atoms with E-state index in [1.807, 2.05) is 30.3 Å². The lowest BCUT2D eigenvalue weighted by molar-refractivity contribution is 1.37. The zero-order valence-corrected chi connectivity index (χ0v) is 11.9. The van der Waals surface area contributed by atoms with Crippen molar-refractivity contribution in [3.63, 3.8) is 0 Å². The molecule has 0 N–H and O–H groups in total. The Bertz CT molecular complexity index is 790. The first-order valence-corrected chi connectivity index (χ1v) is 6.89. The average molecular weight is 280 g/mol. The Labute approximate surface area is 123 Å². The zero-order valence-electron chi connectivity index (χ0n) is 11.2. The third-order valence-electron chi connectivity index (χ3n) is 3.16. The lowest BCUT2D eigenvalue weighted by Crippen LogP contribution is -1.83. The van der Waals surface area contributed by atoms with Crippen molar-refractivity contribution in [2.75, 3.05) is 0 Å². The second-order valence-corrected chi connectivity index (χ2v) is 5.26. The van der Waals surface area contributed by atoms with E-state index in [0.29, 0.717) is 5.02 Å². The standard InChI is InChI=1S/C18H14ClN/c1-13-3-2-4-14(11-13)5-9-17-10-7-15-6-8-16(19)12-18(15)20-17/h2-12H,1H3/b9-5+. The molecule has 0 saturated heterocycles. The summed E-state index contributed by atoms with van der Waals surface area (Å²) >= 11 is 6.00. The van der Waals surface area contributed by atoms with E-state index in [2.05, 4.69) is 48.3 Å². The second-order valence-electron chi connectivity index (χ2n) is 4.82. The first-order chi connectivity index (χ1) is 9.70. The van der Waals surface area contributed by atoms with Gasteiger partial charge in [0.05, 0.1) is 11.2 Å². The molecule has 3 rings (SSSR count). The molecule has 0 aliphatic heterocycles. The monoisotopic (exact) mass is 279 g/mol. The number of nitrogens with zero attached hydrogens (tertiary/aromatic N) is 1. The van der Waals surface area contributed by atoms with E-state index in [0.717, 1.165) is 16.6 Å². The first-order valence-electron chi connectivity index (χ1n) is 6.52. The maximum Gasteiger partial charge on any atom is 0.0724 e. The molecule has 0 spiro atoms. The quantitative estimate of drug-likeness (QED) is 0.615. The summed E-state index contributed by atoms with van der Waals surface area (Å²) in [4.78, 5) is 4.60. The molecule has 3 aromatic rings. The van der Waals surface area contributed by atoms with Crippen LogP contribution in [-0.2, 0) is 0 Å². The van der Waals surface area contributed by atoms with Crippen LogP contribution in [0, 0.1) is 6.92 Å². The Kier molecular flexibility index (Phi) is 3.53. The van der Waals surface area contributed by atoms with Crippen LogP contribution in [0.2, 0.25) is 5.02 Å². The van der Waals surface area contributed by atoms with Gasteiger partial charge < -0.3 is 0 Å². The smallest absolute Gasteiger partial charge is 0.0724 e. The van der Waals surface area contributed by atoms with Crippen molar-refractivity contribution in [3.8, 4) is 0 Å². The minimum Gasteiger partial charge on any atom is -0.248 e. The molecule has 2 aromatic carbocycles. The number of halogens is 1. The second kappa shape index (κ2) is 5.48. The minimum atomic E-state index is 0.713. The van der Waals surface area contributed by atoms with E-state index in [1.54, 1.807) is 0 Å². The van der Waals surface area contributed by atoms with Gasteiger partial charge in [-0.1, -0.05) is 59.6 Å². The molecule has 20 heavy (non-hydrogen) atoms. The van der Waals surface area contributed by atoms with Crippen molar-refractivity contribution in [3.05, 3.63) is 76.4 Å². The maximum absolute atomic E-state index is 6.00. The van der Waals surface area contributed by atoms with Gasteiger partial charge in [0.2, 0.25) is 0 Å². The van der Waals surface area contributed by atoms with Crippen LogP contribution in [0.25, 0.3) is 23.1 Å². The minimum absolute atomic E-state index is 0.713. The highest BCUT2D eigenvalue weighted by Crippen LogP contribution is 2.19. The van der Waals surface area contributed by atoms with Crippen LogP contribution < -0.4 is 0 Å². The van der Waals surface area contributed by atoms with Crippen molar-refractivity contribution >= 4 is 34.7 Å². The summed E-state index contributed by atoms with van der Waals surface area (Å²) in [6.07, 6.45) is 4.10. The molecule has 0 amide bonds. The number of hydrogen-bond acceptors (Lipinski definition) is 1. The van der Waals surface area contributed by atoms with Crippen LogP contribution in [0.1, 0.15) is 16.8 Å². The fourth-order valence-electron chi connectivity index (χ4n) is 2.15. The van der Waals surface area contributed by atoms with Crippen LogP contribution >= 0.6 is 11.6 Å². The van der Waals surface area contributed by atoms with E-state index < -0.39 is 0 Å². The van der Waals surface area contributed by atoms with E-state index >= 15 is 0 Å². The molecule has 1 aromatic heterocycles. The fraction of sp³-hybridized carbons (Fsp3) is 0.0556. The van der Waals surface area contributed by atoms with Gasteiger partial charge in [0.15, 0.2) is 0 Å². The molecule has 0 aliphatic rings. The molecule has 98 valence electrons. The Morgan fingerprint density at radius 3 is 2.65 bits per heavy atom. The first kappa shape index (κ1) is 12.9. The van der Waals surface area contributed by atoms with Crippen molar-refractivity contribution < 1.29 is 0 Å². The predicted octanol–water partition coefficient (Wildman–Crippen LogP) is 5.37. The van der Waals surface area contributed by atoms with Crippen molar-refractivity contribution in [2.45, 2.75) is 6.92 Å². The highest BCUT2D eigenvalue weighted by atomic mass is 35.5. The molecule has 2 heteroatoms. The van der Waals surface area contributed by atoms with Gasteiger partial charge in [-0.05, 0) is 36.8 Å². The number of hydrogen-bond donors (Lipinski definition) is 0. The topological polar surface area (TPSA) is 12.9 Å². The van der Waals surface area contributed by atoms with Gasteiger partial charge >= 0.3 is 0 Å². The molecule has 0 radical (unpaired) electrons. The summed E-state index contributed by atoms with van der Waals surface area (Å²) < 4.78 is 0. The van der Waals surface area contributed by atoms with Gasteiger partial charge in [-0.15, -0.1) is 0 Å². The largest absolute Gasteiger partial charge is 0.248 e. The van der Waals surface area contributed by atoms with Crippen LogP contribution in [-0.4, -0.2) is 4.98 Å².